The molecule has 0 fully saturated rings. The Kier molecular flexibility index (Phi) is 6.95. The fourth-order valence-electron chi connectivity index (χ4n) is 1.87. The van der Waals surface area contributed by atoms with Crippen molar-refractivity contribution in [2.45, 2.75) is 19.0 Å². The zero-order chi connectivity index (χ0) is 18.3. The first-order valence-corrected chi connectivity index (χ1v) is 9.54. The predicted octanol–water partition coefficient (Wildman–Crippen LogP) is 2.05. The number of aromatic carboxylic acids is 2. The lowest BCUT2D eigenvalue weighted by Gasteiger charge is -2.21. The molecule has 1 amide bonds. The quantitative estimate of drug-likeness (QED) is 0.541. The molecule has 1 rings (SSSR count). The number of benzene rings is 1. The van der Waals surface area contributed by atoms with Crippen molar-refractivity contribution in [1.29, 1.82) is 0 Å². The minimum absolute atomic E-state index is 0.165. The normalized spacial score (nSPS) is 11.6. The van der Waals surface area contributed by atoms with Crippen LogP contribution in [0, 0.1) is 0 Å². The van der Waals surface area contributed by atoms with Crippen molar-refractivity contribution >= 4 is 32.6 Å². The van der Waals surface area contributed by atoms with Crippen LogP contribution in [0.1, 0.15) is 37.5 Å². The molecule has 0 heterocycles. The Balaban J connectivity index is 2.90. The molecule has 0 aliphatic rings. The lowest BCUT2D eigenvalue weighted by atomic mass is 10.0. The molecule has 0 aliphatic heterocycles. The van der Waals surface area contributed by atoms with E-state index < -0.39 is 32.0 Å². The van der Waals surface area contributed by atoms with Crippen LogP contribution in [0.3, 0.4) is 0 Å². The maximum atomic E-state index is 12.1. The molecular formula is C15H19NO7Si. The van der Waals surface area contributed by atoms with Crippen molar-refractivity contribution in [3.63, 3.8) is 0 Å². The maximum Gasteiger partial charge on any atom is 0.336 e. The van der Waals surface area contributed by atoms with E-state index in [2.05, 4.69) is 4.99 Å². The number of carboxylic acids is 2. The second-order valence-electron chi connectivity index (χ2n) is 5.07. The molecule has 0 radical (unpaired) electrons. The van der Waals surface area contributed by atoms with Crippen molar-refractivity contribution in [2.24, 2.45) is 4.99 Å². The summed E-state index contributed by atoms with van der Waals surface area (Å²) in [6.45, 7) is 1.87. The van der Waals surface area contributed by atoms with Crippen molar-refractivity contribution in [2.75, 3.05) is 14.2 Å². The Morgan fingerprint density at radius 3 is 2.25 bits per heavy atom. The summed E-state index contributed by atoms with van der Waals surface area (Å²) in [4.78, 5) is 37.9. The highest BCUT2D eigenvalue weighted by molar-refractivity contribution is 6.66. The first-order chi connectivity index (χ1) is 11.2. The first-order valence-electron chi connectivity index (χ1n) is 7.02. The Morgan fingerprint density at radius 2 is 1.75 bits per heavy atom. The molecule has 0 saturated carbocycles. The summed E-state index contributed by atoms with van der Waals surface area (Å²) in [6.07, 6.45) is 1.81. The molecule has 24 heavy (non-hydrogen) atoms. The Bertz CT molecular complexity index is 668. The van der Waals surface area contributed by atoms with Crippen molar-refractivity contribution < 1.29 is 33.4 Å². The van der Waals surface area contributed by atoms with Gasteiger partial charge in [-0.25, -0.2) is 14.6 Å². The highest BCUT2D eigenvalue weighted by Crippen LogP contribution is 2.15. The highest BCUT2D eigenvalue weighted by Gasteiger charge is 2.27. The standard InChI is InChI=1S/C15H19NO7Si/c1-22-24(3,23-2)8-4-7-16-13(17)11-6-5-10(14(18)19)9-12(11)15(20)21/h5-7,9H,4,8H2,1-3H3,(H,18,19)(H,20,21). The van der Waals surface area contributed by atoms with E-state index in [1.165, 1.54) is 6.21 Å². The van der Waals surface area contributed by atoms with Gasteiger partial charge >= 0.3 is 20.5 Å². The van der Waals surface area contributed by atoms with Gasteiger partial charge in [0.1, 0.15) is 0 Å². The van der Waals surface area contributed by atoms with Crippen LogP contribution in [0.25, 0.3) is 0 Å². The number of rotatable bonds is 8. The number of carboxylic acid groups (broad SMARTS) is 2. The van der Waals surface area contributed by atoms with Gasteiger partial charge in [0.25, 0.3) is 5.91 Å². The second-order valence-corrected chi connectivity index (χ2v) is 8.65. The third kappa shape index (κ3) is 5.08. The van der Waals surface area contributed by atoms with Crippen LogP contribution in [0.4, 0.5) is 0 Å². The summed E-state index contributed by atoms with van der Waals surface area (Å²) >= 11 is 0. The van der Waals surface area contributed by atoms with Gasteiger partial charge in [0.2, 0.25) is 0 Å². The monoisotopic (exact) mass is 353 g/mol. The average Bonchev–Trinajstić information content (AvgIpc) is 2.57. The Hall–Kier alpha value is -2.36. The van der Waals surface area contributed by atoms with Gasteiger partial charge in [-0.3, -0.25) is 4.79 Å². The Morgan fingerprint density at radius 1 is 1.12 bits per heavy atom. The van der Waals surface area contributed by atoms with Crippen LogP contribution in [-0.4, -0.2) is 57.1 Å². The van der Waals surface area contributed by atoms with E-state index in [9.17, 15) is 14.4 Å². The van der Waals surface area contributed by atoms with Gasteiger partial charge in [-0.1, -0.05) is 0 Å². The minimum atomic E-state index is -2.26. The molecule has 0 unspecified atom stereocenters. The number of hydrogen-bond donors (Lipinski definition) is 2. The van der Waals surface area contributed by atoms with E-state index >= 15 is 0 Å². The van der Waals surface area contributed by atoms with Gasteiger partial charge in [-0.05, 0) is 37.2 Å². The van der Waals surface area contributed by atoms with Crippen LogP contribution >= 0.6 is 0 Å². The van der Waals surface area contributed by atoms with Crippen LogP contribution in [0.15, 0.2) is 23.2 Å². The fourth-order valence-corrected chi connectivity index (χ4v) is 3.10. The van der Waals surface area contributed by atoms with E-state index in [1.54, 1.807) is 14.2 Å². The summed E-state index contributed by atoms with van der Waals surface area (Å²) in [5, 5.41) is 18.0. The van der Waals surface area contributed by atoms with Gasteiger partial charge in [0.05, 0.1) is 16.7 Å². The summed E-state index contributed by atoms with van der Waals surface area (Å²) in [6, 6.07) is 3.83. The number of nitrogens with zero attached hydrogens (tertiary/aromatic N) is 1. The van der Waals surface area contributed by atoms with E-state index in [4.69, 9.17) is 19.1 Å². The SMILES string of the molecule is CO[Si](C)(CCC=NC(=O)c1ccc(C(=O)O)cc1C(=O)O)OC. The molecule has 1 aromatic carbocycles. The molecule has 8 nitrogen and oxygen atoms in total. The zero-order valence-electron chi connectivity index (χ0n) is 13.6. The molecule has 130 valence electrons. The molecule has 9 heteroatoms. The van der Waals surface area contributed by atoms with E-state index in [1.807, 2.05) is 6.55 Å². The van der Waals surface area contributed by atoms with Crippen LogP contribution in [0.2, 0.25) is 12.6 Å². The molecule has 0 saturated heterocycles. The molecular weight excluding hydrogens is 334 g/mol. The van der Waals surface area contributed by atoms with Gasteiger partial charge < -0.3 is 19.1 Å². The highest BCUT2D eigenvalue weighted by atomic mass is 28.4. The third-order valence-corrected chi connectivity index (χ3v) is 6.45. The lowest BCUT2D eigenvalue weighted by molar-refractivity contribution is 0.0692. The minimum Gasteiger partial charge on any atom is -0.478 e. The topological polar surface area (TPSA) is 122 Å². The maximum absolute atomic E-state index is 12.1. The van der Waals surface area contributed by atoms with E-state index in [0.717, 1.165) is 18.2 Å². The van der Waals surface area contributed by atoms with Gasteiger partial charge in [0.15, 0.2) is 0 Å². The number of carbonyl (C=O) groups excluding carboxylic acids is 1. The van der Waals surface area contributed by atoms with Gasteiger partial charge in [0, 0.05) is 20.4 Å². The summed E-state index contributed by atoms with van der Waals surface area (Å²) in [5.74, 6) is -3.42. The Labute approximate surface area is 140 Å². The molecule has 0 atom stereocenters. The van der Waals surface area contributed by atoms with Gasteiger partial charge in [-0.2, -0.15) is 0 Å². The number of hydrogen-bond acceptors (Lipinski definition) is 5. The molecule has 1 aromatic rings. The number of amides is 1. The van der Waals surface area contributed by atoms with E-state index in [0.29, 0.717) is 12.5 Å². The lowest BCUT2D eigenvalue weighted by Crippen LogP contribution is -2.35. The van der Waals surface area contributed by atoms with E-state index in [-0.39, 0.29) is 11.1 Å². The summed E-state index contributed by atoms with van der Waals surface area (Å²) in [5.41, 5.74) is -0.776. The van der Waals surface area contributed by atoms with Crippen molar-refractivity contribution in [3.05, 3.63) is 34.9 Å². The van der Waals surface area contributed by atoms with Crippen molar-refractivity contribution in [3.8, 4) is 0 Å². The number of carbonyl (C=O) groups is 3. The van der Waals surface area contributed by atoms with Crippen LogP contribution in [0.5, 0.6) is 0 Å². The molecule has 2 N–H and O–H groups in total. The number of aliphatic imine (C=N–C) groups is 1. The van der Waals surface area contributed by atoms with Gasteiger partial charge in [-0.15, -0.1) is 0 Å². The third-order valence-electron chi connectivity index (χ3n) is 3.53. The zero-order valence-corrected chi connectivity index (χ0v) is 14.6. The van der Waals surface area contributed by atoms with Crippen molar-refractivity contribution in [1.82, 2.24) is 0 Å². The second kappa shape index (κ2) is 8.48. The molecule has 0 bridgehead atoms. The average molecular weight is 353 g/mol. The summed E-state index contributed by atoms with van der Waals surface area (Å²) in [7, 11) is 0.854. The smallest absolute Gasteiger partial charge is 0.336 e. The molecule has 0 aromatic heterocycles. The van der Waals surface area contributed by atoms with Crippen LogP contribution in [-0.2, 0) is 8.85 Å². The largest absolute Gasteiger partial charge is 0.478 e. The first kappa shape index (κ1) is 19.7. The summed E-state index contributed by atoms with van der Waals surface area (Å²) < 4.78 is 10.6. The van der Waals surface area contributed by atoms with Crippen LogP contribution < -0.4 is 0 Å². The fraction of sp³-hybridized carbons (Fsp3) is 0.333. The molecule has 0 aliphatic carbocycles. The predicted molar refractivity (Wildman–Crippen MR) is 88.2 cm³/mol. The molecule has 0 spiro atoms.